The minimum atomic E-state index is -0.334. The molecule has 0 bridgehead atoms. The Morgan fingerprint density at radius 1 is 0.969 bits per heavy atom. The van der Waals surface area contributed by atoms with Crippen molar-refractivity contribution in [2.45, 2.75) is 64.1 Å². The Kier molecular flexibility index (Phi) is 7.10. The molecule has 2 aromatic carbocycles. The van der Waals surface area contributed by atoms with Crippen LogP contribution in [0.5, 0.6) is 0 Å². The first-order valence-electron chi connectivity index (χ1n) is 11.3. The summed E-state index contributed by atoms with van der Waals surface area (Å²) in [6.07, 6.45) is 6.12. The van der Waals surface area contributed by atoms with E-state index in [4.69, 9.17) is 11.6 Å². The molecule has 1 amide bonds. The number of amides is 1. The van der Waals surface area contributed by atoms with Crippen molar-refractivity contribution < 1.29 is 4.79 Å². The summed E-state index contributed by atoms with van der Waals surface area (Å²) in [6.45, 7) is 0.639. The van der Waals surface area contributed by atoms with E-state index in [1.165, 1.54) is 17.4 Å². The highest BCUT2D eigenvalue weighted by Gasteiger charge is 2.17. The van der Waals surface area contributed by atoms with E-state index in [-0.39, 0.29) is 17.2 Å². The lowest BCUT2D eigenvalue weighted by molar-refractivity contribution is -0.121. The zero-order valence-electron chi connectivity index (χ0n) is 18.1. The number of nitrogens with one attached hydrogen (secondary N) is 1. The second-order valence-corrected chi connectivity index (χ2v) is 8.91. The van der Waals surface area contributed by atoms with Crippen LogP contribution in [0, 0.1) is 0 Å². The second-order valence-electron chi connectivity index (χ2n) is 8.48. The molecule has 168 valence electrons. The van der Waals surface area contributed by atoms with Crippen LogP contribution in [0.3, 0.4) is 0 Å². The van der Waals surface area contributed by atoms with Crippen LogP contribution in [0.25, 0.3) is 10.9 Å². The standard InChI is InChI=1S/C25H28ClN3O3/c26-19-14-12-18(13-15-19)17-29-22-10-4-3-9-21(22)24(31)28(25(29)32)16-6-5-11-23(30)27-20-7-1-2-8-20/h3-4,9-10,12-15,20H,1-2,5-8,11,16-17H2,(H,27,30). The van der Waals surface area contributed by atoms with Gasteiger partial charge in [-0.1, -0.05) is 48.7 Å². The molecule has 1 aliphatic carbocycles. The van der Waals surface area contributed by atoms with E-state index in [0.29, 0.717) is 54.3 Å². The van der Waals surface area contributed by atoms with Gasteiger partial charge in [0.1, 0.15) is 0 Å². The summed E-state index contributed by atoms with van der Waals surface area (Å²) in [4.78, 5) is 38.4. The minimum absolute atomic E-state index is 0.0582. The summed E-state index contributed by atoms with van der Waals surface area (Å²) in [5, 5.41) is 4.23. The fraction of sp³-hybridized carbons (Fsp3) is 0.400. The fourth-order valence-electron chi connectivity index (χ4n) is 4.42. The molecule has 1 saturated carbocycles. The van der Waals surface area contributed by atoms with Crippen molar-refractivity contribution in [2.75, 3.05) is 0 Å². The predicted octanol–water partition coefficient (Wildman–Crippen LogP) is 4.09. The molecule has 3 aromatic rings. The number of para-hydroxylation sites is 1. The van der Waals surface area contributed by atoms with Crippen molar-refractivity contribution in [3.05, 3.63) is 80.0 Å². The van der Waals surface area contributed by atoms with Gasteiger partial charge < -0.3 is 5.32 Å². The van der Waals surface area contributed by atoms with E-state index >= 15 is 0 Å². The molecule has 0 atom stereocenters. The number of nitrogens with zero attached hydrogens (tertiary/aromatic N) is 2. The van der Waals surface area contributed by atoms with Gasteiger partial charge in [0.05, 0.1) is 17.4 Å². The average molecular weight is 454 g/mol. The van der Waals surface area contributed by atoms with Gasteiger partial charge >= 0.3 is 5.69 Å². The maximum atomic E-state index is 13.3. The molecule has 1 N–H and O–H groups in total. The lowest BCUT2D eigenvalue weighted by Crippen LogP contribution is -2.40. The summed E-state index contributed by atoms with van der Waals surface area (Å²) in [5.41, 5.74) is 0.924. The first-order chi connectivity index (χ1) is 15.5. The quantitative estimate of drug-likeness (QED) is 0.522. The number of hydrogen-bond acceptors (Lipinski definition) is 3. The van der Waals surface area contributed by atoms with Crippen LogP contribution in [0.4, 0.5) is 0 Å². The van der Waals surface area contributed by atoms with Crippen LogP contribution < -0.4 is 16.6 Å². The maximum absolute atomic E-state index is 13.3. The van der Waals surface area contributed by atoms with Crippen LogP contribution in [0.15, 0.2) is 58.1 Å². The second kappa shape index (κ2) is 10.2. The molecule has 0 spiro atoms. The van der Waals surface area contributed by atoms with Crippen LogP contribution in [-0.2, 0) is 17.9 Å². The number of carbonyl (C=O) groups is 1. The largest absolute Gasteiger partial charge is 0.353 e. The first kappa shape index (κ1) is 22.3. The summed E-state index contributed by atoms with van der Waals surface area (Å²) in [5.74, 6) is 0.0582. The molecular formula is C25H28ClN3O3. The molecule has 1 fully saturated rings. The van der Waals surface area contributed by atoms with Crippen molar-refractivity contribution in [3.63, 3.8) is 0 Å². The number of hydrogen-bond donors (Lipinski definition) is 1. The Bertz CT molecular complexity index is 1210. The van der Waals surface area contributed by atoms with Gasteiger partial charge in [0.2, 0.25) is 5.91 Å². The van der Waals surface area contributed by atoms with Crippen molar-refractivity contribution in [3.8, 4) is 0 Å². The van der Waals surface area contributed by atoms with E-state index in [1.54, 1.807) is 34.9 Å². The fourth-order valence-corrected chi connectivity index (χ4v) is 4.54. The van der Waals surface area contributed by atoms with Gasteiger partial charge in [-0.05, 0) is 55.5 Å². The van der Waals surface area contributed by atoms with Crippen molar-refractivity contribution >= 4 is 28.4 Å². The molecule has 0 radical (unpaired) electrons. The smallest absolute Gasteiger partial charge is 0.331 e. The Labute approximate surface area is 191 Å². The molecule has 1 aliphatic rings. The van der Waals surface area contributed by atoms with Gasteiger partial charge in [0, 0.05) is 24.0 Å². The maximum Gasteiger partial charge on any atom is 0.331 e. The summed E-state index contributed by atoms with van der Waals surface area (Å²) in [6, 6.07) is 14.8. The van der Waals surface area contributed by atoms with Crippen LogP contribution >= 0.6 is 11.6 Å². The lowest BCUT2D eigenvalue weighted by Gasteiger charge is -2.15. The Hall–Kier alpha value is -2.86. The van der Waals surface area contributed by atoms with Crippen LogP contribution in [-0.4, -0.2) is 21.1 Å². The van der Waals surface area contributed by atoms with E-state index < -0.39 is 0 Å². The number of benzene rings is 2. The molecule has 1 heterocycles. The van der Waals surface area contributed by atoms with Gasteiger partial charge in [-0.3, -0.25) is 18.7 Å². The third kappa shape index (κ3) is 5.13. The predicted molar refractivity (Wildman–Crippen MR) is 127 cm³/mol. The minimum Gasteiger partial charge on any atom is -0.353 e. The number of halogens is 1. The lowest BCUT2D eigenvalue weighted by atomic mass is 10.2. The molecule has 7 heteroatoms. The summed E-state index contributed by atoms with van der Waals surface area (Å²) >= 11 is 5.99. The average Bonchev–Trinajstić information content (AvgIpc) is 3.30. The SMILES string of the molecule is O=C(CCCCn1c(=O)c2ccccc2n(Cc2ccc(Cl)cc2)c1=O)NC1CCCC1. The van der Waals surface area contributed by atoms with E-state index in [0.717, 1.165) is 18.4 Å². The number of unbranched alkanes of at least 4 members (excludes halogenated alkanes) is 1. The van der Waals surface area contributed by atoms with Gasteiger partial charge in [0.25, 0.3) is 5.56 Å². The Balaban J connectivity index is 1.51. The molecule has 4 rings (SSSR count). The highest BCUT2D eigenvalue weighted by Crippen LogP contribution is 2.18. The van der Waals surface area contributed by atoms with Gasteiger partial charge in [-0.25, -0.2) is 4.79 Å². The topological polar surface area (TPSA) is 73.1 Å². The molecule has 0 aliphatic heterocycles. The molecule has 6 nitrogen and oxygen atoms in total. The molecule has 32 heavy (non-hydrogen) atoms. The van der Waals surface area contributed by atoms with Crippen LogP contribution in [0.1, 0.15) is 50.5 Å². The van der Waals surface area contributed by atoms with Crippen molar-refractivity contribution in [1.82, 2.24) is 14.5 Å². The normalized spacial score (nSPS) is 14.2. The van der Waals surface area contributed by atoms with E-state index in [9.17, 15) is 14.4 Å². The van der Waals surface area contributed by atoms with Gasteiger partial charge in [-0.2, -0.15) is 0 Å². The first-order valence-corrected chi connectivity index (χ1v) is 11.7. The zero-order chi connectivity index (χ0) is 22.5. The molecule has 0 saturated heterocycles. The molecule has 1 aromatic heterocycles. The summed E-state index contributed by atoms with van der Waals surface area (Å²) < 4.78 is 2.93. The van der Waals surface area contributed by atoms with Crippen LogP contribution in [0.2, 0.25) is 5.02 Å². The number of fused-ring (bicyclic) bond motifs is 1. The van der Waals surface area contributed by atoms with Gasteiger partial charge in [-0.15, -0.1) is 0 Å². The third-order valence-electron chi connectivity index (χ3n) is 6.14. The summed E-state index contributed by atoms with van der Waals surface area (Å²) in [7, 11) is 0. The monoisotopic (exact) mass is 453 g/mol. The number of carbonyl (C=O) groups excluding carboxylic acids is 1. The number of rotatable bonds is 8. The highest BCUT2D eigenvalue weighted by atomic mass is 35.5. The Morgan fingerprint density at radius 2 is 1.69 bits per heavy atom. The molecular weight excluding hydrogens is 426 g/mol. The third-order valence-corrected chi connectivity index (χ3v) is 6.39. The highest BCUT2D eigenvalue weighted by molar-refractivity contribution is 6.30. The van der Waals surface area contributed by atoms with Crippen molar-refractivity contribution in [2.24, 2.45) is 0 Å². The number of aromatic nitrogens is 2. The molecule has 0 unspecified atom stereocenters. The van der Waals surface area contributed by atoms with Crippen molar-refractivity contribution in [1.29, 1.82) is 0 Å². The zero-order valence-corrected chi connectivity index (χ0v) is 18.8. The van der Waals surface area contributed by atoms with E-state index in [1.807, 2.05) is 18.2 Å². The van der Waals surface area contributed by atoms with E-state index in [2.05, 4.69) is 5.32 Å². The van der Waals surface area contributed by atoms with Gasteiger partial charge in [0.15, 0.2) is 0 Å². The Morgan fingerprint density at radius 3 is 2.44 bits per heavy atom.